The molecule has 0 fully saturated rings. The predicted octanol–water partition coefficient (Wildman–Crippen LogP) is 3.29. The van der Waals surface area contributed by atoms with Crippen LogP contribution in [0.3, 0.4) is 0 Å². The molecule has 0 bridgehead atoms. The summed E-state index contributed by atoms with van der Waals surface area (Å²) >= 11 is 1.71. The van der Waals surface area contributed by atoms with Gasteiger partial charge in [0.1, 0.15) is 5.75 Å². The van der Waals surface area contributed by atoms with E-state index < -0.39 is 0 Å². The highest BCUT2D eigenvalue weighted by molar-refractivity contribution is 7.15. The highest BCUT2D eigenvalue weighted by Gasteiger charge is 2.06. The second kappa shape index (κ2) is 5.87. The van der Waals surface area contributed by atoms with E-state index in [0.29, 0.717) is 0 Å². The number of benzene rings is 1. The first-order valence-electron chi connectivity index (χ1n) is 6.00. The van der Waals surface area contributed by atoms with Crippen molar-refractivity contribution in [2.45, 2.75) is 19.8 Å². The van der Waals surface area contributed by atoms with Crippen molar-refractivity contribution in [3.63, 3.8) is 0 Å². The minimum atomic E-state index is 0.915. The van der Waals surface area contributed by atoms with Crippen LogP contribution in [0.25, 0.3) is 0 Å². The molecule has 0 saturated carbocycles. The Morgan fingerprint density at radius 1 is 1.33 bits per heavy atom. The molecule has 2 aromatic rings. The van der Waals surface area contributed by atoms with E-state index in [4.69, 9.17) is 4.74 Å². The van der Waals surface area contributed by atoms with Gasteiger partial charge in [0.15, 0.2) is 5.13 Å². The summed E-state index contributed by atoms with van der Waals surface area (Å²) in [5.41, 5.74) is 2.47. The molecule has 0 radical (unpaired) electrons. The quantitative estimate of drug-likeness (QED) is 0.898. The van der Waals surface area contributed by atoms with Crippen LogP contribution in [0.1, 0.15) is 16.1 Å². The van der Waals surface area contributed by atoms with Gasteiger partial charge in [-0.2, -0.15) is 0 Å². The zero-order valence-corrected chi connectivity index (χ0v) is 11.8. The summed E-state index contributed by atoms with van der Waals surface area (Å²) in [6, 6.07) is 8.21. The number of anilines is 1. The van der Waals surface area contributed by atoms with Crippen molar-refractivity contribution in [3.05, 3.63) is 40.4 Å². The van der Waals surface area contributed by atoms with Crippen molar-refractivity contribution in [1.29, 1.82) is 0 Å². The Hall–Kier alpha value is -1.55. The van der Waals surface area contributed by atoms with Crippen molar-refractivity contribution in [2.75, 3.05) is 19.5 Å². The van der Waals surface area contributed by atoms with Crippen LogP contribution >= 0.6 is 11.3 Å². The predicted molar refractivity (Wildman–Crippen MR) is 76.8 cm³/mol. The van der Waals surface area contributed by atoms with Crippen molar-refractivity contribution < 1.29 is 4.74 Å². The minimum absolute atomic E-state index is 0.915. The number of nitrogens with one attached hydrogen (secondary N) is 1. The summed E-state index contributed by atoms with van der Waals surface area (Å²) in [4.78, 5) is 5.86. The second-order valence-corrected chi connectivity index (χ2v) is 5.33. The van der Waals surface area contributed by atoms with E-state index in [2.05, 4.69) is 29.4 Å². The molecular formula is C14H18N2OS. The smallest absolute Gasteiger partial charge is 0.182 e. The molecule has 4 heteroatoms. The van der Waals surface area contributed by atoms with Crippen LogP contribution in [0.5, 0.6) is 5.75 Å². The van der Waals surface area contributed by atoms with Crippen molar-refractivity contribution in [3.8, 4) is 5.75 Å². The van der Waals surface area contributed by atoms with Gasteiger partial charge >= 0.3 is 0 Å². The molecule has 1 aromatic heterocycles. The number of hydrogen-bond donors (Lipinski definition) is 1. The van der Waals surface area contributed by atoms with Crippen molar-refractivity contribution in [2.24, 2.45) is 0 Å². The zero-order valence-electron chi connectivity index (χ0n) is 11.0. The molecule has 0 unspecified atom stereocenters. The van der Waals surface area contributed by atoms with E-state index in [-0.39, 0.29) is 0 Å². The minimum Gasteiger partial charge on any atom is -0.497 e. The molecule has 0 aliphatic carbocycles. The number of aromatic nitrogens is 1. The number of ether oxygens (including phenoxy) is 1. The topological polar surface area (TPSA) is 34.2 Å². The Bertz CT molecular complexity index is 522. The lowest BCUT2D eigenvalue weighted by Crippen LogP contribution is -1.95. The molecule has 0 saturated heterocycles. The van der Waals surface area contributed by atoms with E-state index in [1.807, 2.05) is 19.2 Å². The van der Waals surface area contributed by atoms with Crippen LogP contribution in [-0.2, 0) is 12.8 Å². The zero-order chi connectivity index (χ0) is 13.0. The van der Waals surface area contributed by atoms with Gasteiger partial charge < -0.3 is 10.1 Å². The summed E-state index contributed by atoms with van der Waals surface area (Å²) in [6.45, 7) is 2.12. The van der Waals surface area contributed by atoms with E-state index in [9.17, 15) is 0 Å². The molecule has 18 heavy (non-hydrogen) atoms. The van der Waals surface area contributed by atoms with Gasteiger partial charge in [-0.1, -0.05) is 12.1 Å². The Labute approximate surface area is 112 Å². The highest BCUT2D eigenvalue weighted by Crippen LogP contribution is 2.23. The van der Waals surface area contributed by atoms with Gasteiger partial charge in [0.05, 0.1) is 12.8 Å². The average Bonchev–Trinajstić information content (AvgIpc) is 2.77. The Morgan fingerprint density at radius 2 is 2.17 bits per heavy atom. The first-order chi connectivity index (χ1) is 8.72. The summed E-state index contributed by atoms with van der Waals surface area (Å²) < 4.78 is 5.23. The molecule has 1 heterocycles. The lowest BCUT2D eigenvalue weighted by Gasteiger charge is -2.03. The average molecular weight is 262 g/mol. The van der Waals surface area contributed by atoms with E-state index >= 15 is 0 Å². The van der Waals surface area contributed by atoms with Crippen molar-refractivity contribution >= 4 is 16.5 Å². The lowest BCUT2D eigenvalue weighted by molar-refractivity contribution is 0.414. The first kappa shape index (κ1) is 12.9. The fourth-order valence-corrected chi connectivity index (χ4v) is 2.67. The van der Waals surface area contributed by atoms with E-state index in [1.54, 1.807) is 18.4 Å². The fourth-order valence-electron chi connectivity index (χ4n) is 1.86. The Kier molecular flexibility index (Phi) is 4.20. The Morgan fingerprint density at radius 3 is 2.83 bits per heavy atom. The number of aryl methyl sites for hydroxylation is 3. The third-order valence-corrected chi connectivity index (χ3v) is 3.92. The third-order valence-electron chi connectivity index (χ3n) is 2.89. The van der Waals surface area contributed by atoms with E-state index in [1.165, 1.54) is 16.1 Å². The second-order valence-electron chi connectivity index (χ2n) is 4.12. The van der Waals surface area contributed by atoms with Crippen LogP contribution in [0.4, 0.5) is 5.13 Å². The van der Waals surface area contributed by atoms with Crippen LogP contribution in [0, 0.1) is 6.92 Å². The molecule has 0 amide bonds. The lowest BCUT2D eigenvalue weighted by atomic mass is 10.1. The van der Waals surface area contributed by atoms with Crippen molar-refractivity contribution in [1.82, 2.24) is 4.98 Å². The first-order valence-corrected chi connectivity index (χ1v) is 6.81. The summed E-state index contributed by atoms with van der Waals surface area (Å²) in [7, 11) is 3.60. The number of rotatable bonds is 5. The fraction of sp³-hybridized carbons (Fsp3) is 0.357. The van der Waals surface area contributed by atoms with Crippen LogP contribution < -0.4 is 10.1 Å². The summed E-state index contributed by atoms with van der Waals surface area (Å²) in [5, 5.41) is 4.09. The maximum atomic E-state index is 5.23. The molecular weight excluding hydrogens is 244 g/mol. The molecule has 96 valence electrons. The van der Waals surface area contributed by atoms with Gasteiger partial charge in [-0.25, -0.2) is 4.98 Å². The molecule has 0 aliphatic heterocycles. The molecule has 3 nitrogen and oxygen atoms in total. The van der Waals surface area contributed by atoms with Gasteiger partial charge in [0.25, 0.3) is 0 Å². The number of hydrogen-bond acceptors (Lipinski definition) is 4. The largest absolute Gasteiger partial charge is 0.497 e. The molecule has 0 aliphatic rings. The number of methoxy groups -OCH3 is 1. The monoisotopic (exact) mass is 262 g/mol. The normalized spacial score (nSPS) is 10.4. The maximum absolute atomic E-state index is 5.23. The van der Waals surface area contributed by atoms with Gasteiger partial charge in [-0.05, 0) is 37.5 Å². The molecule has 0 atom stereocenters. The van der Waals surface area contributed by atoms with Crippen LogP contribution in [0.2, 0.25) is 0 Å². The third kappa shape index (κ3) is 3.01. The van der Waals surface area contributed by atoms with Gasteiger partial charge in [-0.15, -0.1) is 11.3 Å². The molecule has 1 N–H and O–H groups in total. The standard InChI is InChI=1S/C14H18N2OS/c1-10-13(16-14(15-2)18-10)8-7-11-5-4-6-12(9-11)17-3/h4-6,9H,7-8H2,1-3H3,(H,15,16). The molecule has 2 rings (SSSR count). The maximum Gasteiger partial charge on any atom is 0.182 e. The van der Waals surface area contributed by atoms with E-state index in [0.717, 1.165) is 23.7 Å². The summed E-state index contributed by atoms with van der Waals surface area (Å²) in [5.74, 6) is 0.915. The number of thiazole rings is 1. The molecule has 1 aromatic carbocycles. The Balaban J connectivity index is 2.03. The number of nitrogens with zero attached hydrogens (tertiary/aromatic N) is 1. The van der Waals surface area contributed by atoms with Gasteiger partial charge in [0.2, 0.25) is 0 Å². The highest BCUT2D eigenvalue weighted by atomic mass is 32.1. The van der Waals surface area contributed by atoms with Gasteiger partial charge in [-0.3, -0.25) is 0 Å². The SMILES string of the molecule is CNc1nc(CCc2cccc(OC)c2)c(C)s1. The van der Waals surface area contributed by atoms with Crippen LogP contribution in [-0.4, -0.2) is 19.1 Å². The van der Waals surface area contributed by atoms with Gasteiger partial charge in [0, 0.05) is 11.9 Å². The van der Waals surface area contributed by atoms with Crippen LogP contribution in [0.15, 0.2) is 24.3 Å². The summed E-state index contributed by atoms with van der Waals surface area (Å²) in [6.07, 6.45) is 1.96. The molecule has 0 spiro atoms.